The van der Waals surface area contributed by atoms with Crippen LogP contribution in [0.2, 0.25) is 0 Å². The Balaban J connectivity index is 3.24. The van der Waals surface area contributed by atoms with Crippen LogP contribution in [-0.4, -0.2) is 65.1 Å². The van der Waals surface area contributed by atoms with E-state index in [0.29, 0.717) is 0 Å². The molecule has 0 fully saturated rings. The van der Waals surface area contributed by atoms with Crippen LogP contribution in [-0.2, 0) is 9.47 Å². The number of ether oxygens (including phenoxy) is 2. The van der Waals surface area contributed by atoms with Crippen molar-refractivity contribution in [3.05, 3.63) is 0 Å². The van der Waals surface area contributed by atoms with Gasteiger partial charge in [0.25, 0.3) is 0 Å². The molecular formula is C10H24N2O2. The van der Waals surface area contributed by atoms with Crippen LogP contribution in [0.25, 0.3) is 0 Å². The smallest absolute Gasteiger partial charge is 0.0589 e. The summed E-state index contributed by atoms with van der Waals surface area (Å²) in [5, 5.41) is 3.32. The molecule has 0 unspecified atom stereocenters. The summed E-state index contributed by atoms with van der Waals surface area (Å²) in [5.41, 5.74) is 0. The molecule has 0 aromatic heterocycles. The van der Waals surface area contributed by atoms with Gasteiger partial charge in [-0.2, -0.15) is 0 Å². The van der Waals surface area contributed by atoms with Crippen molar-refractivity contribution in [3.8, 4) is 0 Å². The van der Waals surface area contributed by atoms with Gasteiger partial charge in [0, 0.05) is 40.4 Å². The summed E-state index contributed by atoms with van der Waals surface area (Å²) in [6.45, 7) is 8.87. The molecule has 0 amide bonds. The van der Waals surface area contributed by atoms with Crippen molar-refractivity contribution in [2.24, 2.45) is 0 Å². The Bertz CT molecular complexity index is 112. The fourth-order valence-corrected chi connectivity index (χ4v) is 1.18. The molecule has 0 aliphatic carbocycles. The summed E-state index contributed by atoms with van der Waals surface area (Å²) in [6.07, 6.45) is 0. The van der Waals surface area contributed by atoms with E-state index in [1.54, 1.807) is 14.2 Å². The van der Waals surface area contributed by atoms with Gasteiger partial charge in [-0.1, -0.05) is 6.92 Å². The van der Waals surface area contributed by atoms with Crippen LogP contribution >= 0.6 is 0 Å². The van der Waals surface area contributed by atoms with Crippen LogP contribution in [0.15, 0.2) is 0 Å². The minimum absolute atomic E-state index is 0.782. The zero-order chi connectivity index (χ0) is 10.6. The molecular weight excluding hydrogens is 180 g/mol. The first-order valence-corrected chi connectivity index (χ1v) is 5.26. The van der Waals surface area contributed by atoms with Crippen molar-refractivity contribution in [2.75, 3.05) is 60.2 Å². The quantitative estimate of drug-likeness (QED) is 0.515. The molecule has 0 radical (unpaired) electrons. The minimum atomic E-state index is 0.782. The molecule has 0 saturated carbocycles. The lowest BCUT2D eigenvalue weighted by atomic mass is 10.4. The predicted octanol–water partition coefficient (Wildman–Crippen LogP) is 0.191. The highest BCUT2D eigenvalue weighted by Gasteiger charge is 2.00. The number of nitrogens with one attached hydrogen (secondary N) is 1. The average molecular weight is 204 g/mol. The van der Waals surface area contributed by atoms with E-state index in [4.69, 9.17) is 9.47 Å². The largest absolute Gasteiger partial charge is 0.383 e. The Morgan fingerprint density at radius 1 is 1.00 bits per heavy atom. The van der Waals surface area contributed by atoms with Gasteiger partial charge in [-0.25, -0.2) is 0 Å². The normalized spacial score (nSPS) is 11.1. The second-order valence-corrected chi connectivity index (χ2v) is 3.17. The maximum absolute atomic E-state index is 5.04. The molecule has 0 aliphatic rings. The summed E-state index contributed by atoms with van der Waals surface area (Å²) >= 11 is 0. The fourth-order valence-electron chi connectivity index (χ4n) is 1.18. The van der Waals surface area contributed by atoms with Crippen molar-refractivity contribution >= 4 is 0 Å². The Kier molecular flexibility index (Phi) is 10.8. The van der Waals surface area contributed by atoms with E-state index in [-0.39, 0.29) is 0 Å². The molecule has 0 bridgehead atoms. The highest BCUT2D eigenvalue weighted by Crippen LogP contribution is 1.86. The molecule has 0 saturated heterocycles. The van der Waals surface area contributed by atoms with Gasteiger partial charge < -0.3 is 19.7 Å². The summed E-state index contributed by atoms with van der Waals surface area (Å²) < 4.78 is 9.98. The lowest BCUT2D eigenvalue weighted by Gasteiger charge is -2.19. The third kappa shape index (κ3) is 8.44. The third-order valence-corrected chi connectivity index (χ3v) is 2.15. The third-order valence-electron chi connectivity index (χ3n) is 2.15. The number of rotatable bonds is 10. The highest BCUT2D eigenvalue weighted by molar-refractivity contribution is 4.57. The number of methoxy groups -OCH3 is 2. The van der Waals surface area contributed by atoms with Crippen molar-refractivity contribution in [3.63, 3.8) is 0 Å². The topological polar surface area (TPSA) is 33.7 Å². The zero-order valence-corrected chi connectivity index (χ0v) is 9.71. The van der Waals surface area contributed by atoms with E-state index < -0.39 is 0 Å². The van der Waals surface area contributed by atoms with Crippen LogP contribution in [0.1, 0.15) is 6.92 Å². The molecule has 0 aliphatic heterocycles. The van der Waals surface area contributed by atoms with Gasteiger partial charge in [-0.05, 0) is 6.54 Å². The van der Waals surface area contributed by atoms with E-state index in [1.165, 1.54) is 0 Å². The Morgan fingerprint density at radius 3 is 2.29 bits per heavy atom. The van der Waals surface area contributed by atoms with E-state index in [2.05, 4.69) is 17.1 Å². The summed E-state index contributed by atoms with van der Waals surface area (Å²) in [6, 6.07) is 0. The number of nitrogens with zero attached hydrogens (tertiary/aromatic N) is 1. The van der Waals surface area contributed by atoms with Gasteiger partial charge in [0.1, 0.15) is 0 Å². The summed E-state index contributed by atoms with van der Waals surface area (Å²) in [5.74, 6) is 0. The Labute approximate surface area is 87.6 Å². The minimum Gasteiger partial charge on any atom is -0.383 e. The van der Waals surface area contributed by atoms with Crippen molar-refractivity contribution in [2.45, 2.75) is 6.92 Å². The van der Waals surface area contributed by atoms with Crippen LogP contribution < -0.4 is 5.32 Å². The first-order valence-electron chi connectivity index (χ1n) is 5.26. The van der Waals surface area contributed by atoms with Crippen molar-refractivity contribution < 1.29 is 9.47 Å². The molecule has 4 heteroatoms. The van der Waals surface area contributed by atoms with E-state index in [1.807, 2.05) is 0 Å². The maximum Gasteiger partial charge on any atom is 0.0589 e. The predicted molar refractivity (Wildman–Crippen MR) is 58.7 cm³/mol. The van der Waals surface area contributed by atoms with Crippen LogP contribution in [0, 0.1) is 0 Å². The van der Waals surface area contributed by atoms with Crippen LogP contribution in [0.5, 0.6) is 0 Å². The van der Waals surface area contributed by atoms with E-state index >= 15 is 0 Å². The molecule has 14 heavy (non-hydrogen) atoms. The molecule has 0 heterocycles. The standard InChI is InChI=1S/C10H24N2O2/c1-4-12(8-10-14-3)7-5-11-6-9-13-2/h11H,4-10H2,1-3H3. The lowest BCUT2D eigenvalue weighted by Crippen LogP contribution is -2.35. The van der Waals surface area contributed by atoms with Crippen LogP contribution in [0.3, 0.4) is 0 Å². The van der Waals surface area contributed by atoms with E-state index in [9.17, 15) is 0 Å². The lowest BCUT2D eigenvalue weighted by molar-refractivity contribution is 0.150. The van der Waals surface area contributed by atoms with Gasteiger partial charge in [0.15, 0.2) is 0 Å². The molecule has 1 N–H and O–H groups in total. The highest BCUT2D eigenvalue weighted by atomic mass is 16.5. The van der Waals surface area contributed by atoms with E-state index in [0.717, 1.165) is 45.9 Å². The molecule has 4 nitrogen and oxygen atoms in total. The van der Waals surface area contributed by atoms with Crippen molar-refractivity contribution in [1.29, 1.82) is 0 Å². The number of likely N-dealkylation sites (N-methyl/N-ethyl adjacent to an activating group) is 1. The van der Waals surface area contributed by atoms with Gasteiger partial charge >= 0.3 is 0 Å². The van der Waals surface area contributed by atoms with Gasteiger partial charge in [-0.3, -0.25) is 0 Å². The Morgan fingerprint density at radius 2 is 1.71 bits per heavy atom. The molecule has 0 spiro atoms. The Hall–Kier alpha value is -0.160. The zero-order valence-electron chi connectivity index (χ0n) is 9.71. The first-order chi connectivity index (χ1) is 6.85. The molecule has 0 aromatic rings. The molecule has 0 atom stereocenters. The van der Waals surface area contributed by atoms with Crippen molar-refractivity contribution in [1.82, 2.24) is 10.2 Å². The second-order valence-electron chi connectivity index (χ2n) is 3.17. The molecule has 0 rings (SSSR count). The van der Waals surface area contributed by atoms with Gasteiger partial charge in [-0.15, -0.1) is 0 Å². The van der Waals surface area contributed by atoms with Gasteiger partial charge in [0.05, 0.1) is 13.2 Å². The molecule has 0 aromatic carbocycles. The second kappa shape index (κ2) is 10.9. The molecule has 86 valence electrons. The fraction of sp³-hybridized carbons (Fsp3) is 1.00. The summed E-state index contributed by atoms with van der Waals surface area (Å²) in [4.78, 5) is 2.36. The number of hydrogen-bond donors (Lipinski definition) is 1. The van der Waals surface area contributed by atoms with Crippen LogP contribution in [0.4, 0.5) is 0 Å². The number of hydrogen-bond acceptors (Lipinski definition) is 4. The average Bonchev–Trinajstić information content (AvgIpc) is 2.22. The first kappa shape index (κ1) is 13.8. The monoisotopic (exact) mass is 204 g/mol. The summed E-state index contributed by atoms with van der Waals surface area (Å²) in [7, 11) is 3.46. The van der Waals surface area contributed by atoms with Gasteiger partial charge in [0.2, 0.25) is 0 Å². The maximum atomic E-state index is 5.04. The SMILES string of the molecule is CCN(CCNCCOC)CCOC.